The lowest BCUT2D eigenvalue weighted by Gasteiger charge is -2.12. The molecule has 114 valence electrons. The van der Waals surface area contributed by atoms with Crippen molar-refractivity contribution in [2.24, 2.45) is 0 Å². The molecule has 7 nitrogen and oxygen atoms in total. The Bertz CT molecular complexity index is 683. The van der Waals surface area contributed by atoms with E-state index in [1.54, 1.807) is 31.5 Å². The first-order valence-corrected chi connectivity index (χ1v) is 8.01. The van der Waals surface area contributed by atoms with Crippen LogP contribution in [0.25, 0.3) is 0 Å². The third kappa shape index (κ3) is 3.96. The van der Waals surface area contributed by atoms with Crippen molar-refractivity contribution < 1.29 is 13.2 Å². The van der Waals surface area contributed by atoms with E-state index in [0.29, 0.717) is 18.7 Å². The number of H-pyrrole nitrogens is 1. The Kier molecular flexibility index (Phi) is 4.81. The number of aromatic amines is 1. The van der Waals surface area contributed by atoms with E-state index >= 15 is 0 Å². The van der Waals surface area contributed by atoms with E-state index in [-0.39, 0.29) is 17.2 Å². The van der Waals surface area contributed by atoms with Crippen LogP contribution in [0.4, 0.5) is 5.69 Å². The molecular formula is C13H18N4O3S. The van der Waals surface area contributed by atoms with Gasteiger partial charge in [-0.3, -0.25) is 0 Å². The number of ether oxygens (including phenoxy) is 1. The van der Waals surface area contributed by atoms with E-state index in [1.807, 2.05) is 0 Å². The Labute approximate surface area is 123 Å². The number of nitrogens with one attached hydrogen (secondary N) is 2. The Morgan fingerprint density at radius 3 is 2.90 bits per heavy atom. The minimum atomic E-state index is -3.69. The number of imidazole rings is 1. The first kappa shape index (κ1) is 15.3. The van der Waals surface area contributed by atoms with E-state index < -0.39 is 10.0 Å². The summed E-state index contributed by atoms with van der Waals surface area (Å²) >= 11 is 0. The molecule has 0 saturated heterocycles. The molecule has 0 radical (unpaired) electrons. The normalized spacial score (nSPS) is 11.5. The van der Waals surface area contributed by atoms with Crippen LogP contribution in [-0.2, 0) is 16.4 Å². The van der Waals surface area contributed by atoms with Crippen molar-refractivity contribution in [3.05, 3.63) is 36.4 Å². The second kappa shape index (κ2) is 6.59. The molecule has 1 aromatic heterocycles. The van der Waals surface area contributed by atoms with E-state index in [4.69, 9.17) is 10.5 Å². The third-order valence-corrected chi connectivity index (χ3v) is 4.25. The lowest BCUT2D eigenvalue weighted by Crippen LogP contribution is -2.26. The van der Waals surface area contributed by atoms with Gasteiger partial charge < -0.3 is 15.5 Å². The summed E-state index contributed by atoms with van der Waals surface area (Å²) in [5, 5.41) is 0. The molecule has 2 rings (SSSR count). The molecule has 0 aliphatic rings. The van der Waals surface area contributed by atoms with Gasteiger partial charge in [-0.05, 0) is 25.1 Å². The zero-order chi connectivity index (χ0) is 15.3. The van der Waals surface area contributed by atoms with E-state index in [2.05, 4.69) is 14.7 Å². The highest BCUT2D eigenvalue weighted by molar-refractivity contribution is 7.89. The van der Waals surface area contributed by atoms with Crippen molar-refractivity contribution in [3.8, 4) is 5.75 Å². The van der Waals surface area contributed by atoms with Gasteiger partial charge in [-0.25, -0.2) is 18.1 Å². The predicted octanol–water partition coefficient (Wildman–Crippen LogP) is 0.912. The van der Waals surface area contributed by atoms with Crippen LogP contribution in [-0.4, -0.2) is 31.5 Å². The zero-order valence-corrected chi connectivity index (χ0v) is 12.5. The Balaban J connectivity index is 2.12. The van der Waals surface area contributed by atoms with Gasteiger partial charge in [0.2, 0.25) is 10.0 Å². The smallest absolute Gasteiger partial charge is 0.244 e. The lowest BCUT2D eigenvalue weighted by atomic mass is 10.3. The van der Waals surface area contributed by atoms with Crippen molar-refractivity contribution in [1.82, 2.24) is 14.7 Å². The molecule has 0 aliphatic carbocycles. The molecule has 1 aromatic carbocycles. The molecule has 0 bridgehead atoms. The molecule has 8 heteroatoms. The minimum absolute atomic E-state index is 0.0452. The largest absolute Gasteiger partial charge is 0.492 e. The predicted molar refractivity (Wildman–Crippen MR) is 79.5 cm³/mol. The number of hydrogen-bond acceptors (Lipinski definition) is 5. The van der Waals surface area contributed by atoms with E-state index in [0.717, 1.165) is 5.82 Å². The summed E-state index contributed by atoms with van der Waals surface area (Å²) in [4.78, 5) is 6.99. The first-order valence-electron chi connectivity index (χ1n) is 6.53. The van der Waals surface area contributed by atoms with Crippen LogP contribution < -0.4 is 15.2 Å². The molecule has 21 heavy (non-hydrogen) atoms. The molecule has 0 spiro atoms. The van der Waals surface area contributed by atoms with Gasteiger partial charge in [0.25, 0.3) is 0 Å². The van der Waals surface area contributed by atoms with Crippen molar-refractivity contribution in [2.75, 3.05) is 18.9 Å². The number of hydrogen-bond donors (Lipinski definition) is 3. The molecule has 0 amide bonds. The van der Waals surface area contributed by atoms with Crippen LogP contribution in [0.1, 0.15) is 12.7 Å². The highest BCUT2D eigenvalue weighted by Gasteiger charge is 2.19. The van der Waals surface area contributed by atoms with E-state index in [9.17, 15) is 8.42 Å². The number of benzene rings is 1. The molecule has 0 unspecified atom stereocenters. The van der Waals surface area contributed by atoms with Crippen molar-refractivity contribution in [1.29, 1.82) is 0 Å². The summed E-state index contributed by atoms with van der Waals surface area (Å²) in [5.41, 5.74) is 6.03. The summed E-state index contributed by atoms with van der Waals surface area (Å²) in [7, 11) is -3.69. The van der Waals surface area contributed by atoms with Crippen molar-refractivity contribution >= 4 is 15.7 Å². The maximum absolute atomic E-state index is 12.3. The van der Waals surface area contributed by atoms with Crippen LogP contribution in [0.5, 0.6) is 5.75 Å². The van der Waals surface area contributed by atoms with Gasteiger partial charge in [0.1, 0.15) is 16.5 Å². The highest BCUT2D eigenvalue weighted by atomic mass is 32.2. The van der Waals surface area contributed by atoms with Crippen molar-refractivity contribution in [2.45, 2.75) is 18.2 Å². The summed E-state index contributed by atoms with van der Waals surface area (Å²) in [5.74, 6) is 1.01. The fourth-order valence-corrected chi connectivity index (χ4v) is 3.03. The molecule has 4 N–H and O–H groups in total. The molecule has 0 atom stereocenters. The monoisotopic (exact) mass is 310 g/mol. The quantitative estimate of drug-likeness (QED) is 0.658. The van der Waals surface area contributed by atoms with Gasteiger partial charge in [0, 0.05) is 31.0 Å². The summed E-state index contributed by atoms with van der Waals surface area (Å²) < 4.78 is 32.5. The summed E-state index contributed by atoms with van der Waals surface area (Å²) in [6.07, 6.45) is 3.78. The number of rotatable bonds is 7. The van der Waals surface area contributed by atoms with Gasteiger partial charge in [-0.1, -0.05) is 0 Å². The van der Waals surface area contributed by atoms with Crippen LogP contribution in [0.3, 0.4) is 0 Å². The SMILES string of the molecule is CCOc1ccc(N)cc1S(=O)(=O)NCCc1ncc[nH]1. The maximum Gasteiger partial charge on any atom is 0.244 e. The number of sulfonamides is 1. The third-order valence-electron chi connectivity index (χ3n) is 2.77. The Hall–Kier alpha value is -2.06. The van der Waals surface area contributed by atoms with Gasteiger partial charge in [0.15, 0.2) is 0 Å². The lowest BCUT2D eigenvalue weighted by molar-refractivity contribution is 0.331. The molecule has 0 saturated carbocycles. The number of nitrogen functional groups attached to an aromatic ring is 1. The van der Waals surface area contributed by atoms with Gasteiger partial charge in [-0.2, -0.15) is 0 Å². The van der Waals surface area contributed by atoms with Crippen LogP contribution >= 0.6 is 0 Å². The number of nitrogens with zero attached hydrogens (tertiary/aromatic N) is 1. The fraction of sp³-hybridized carbons (Fsp3) is 0.308. The van der Waals surface area contributed by atoms with E-state index in [1.165, 1.54) is 6.07 Å². The number of nitrogens with two attached hydrogens (primary N) is 1. The second-order valence-electron chi connectivity index (χ2n) is 4.32. The van der Waals surface area contributed by atoms with Gasteiger partial charge in [0.05, 0.1) is 6.61 Å². The molecule has 0 aliphatic heterocycles. The topological polar surface area (TPSA) is 110 Å². The average molecular weight is 310 g/mol. The van der Waals surface area contributed by atoms with Gasteiger partial charge >= 0.3 is 0 Å². The van der Waals surface area contributed by atoms with Gasteiger partial charge in [-0.15, -0.1) is 0 Å². The Morgan fingerprint density at radius 1 is 1.43 bits per heavy atom. The zero-order valence-electron chi connectivity index (χ0n) is 11.7. The van der Waals surface area contributed by atoms with Crippen LogP contribution in [0.2, 0.25) is 0 Å². The standard InChI is InChI=1S/C13H18N4O3S/c1-2-20-11-4-3-10(14)9-12(11)21(18,19)17-6-5-13-15-7-8-16-13/h3-4,7-9,17H,2,5-6,14H2,1H3,(H,15,16). The molecule has 0 fully saturated rings. The number of anilines is 1. The summed E-state index contributed by atoms with van der Waals surface area (Å²) in [6.45, 7) is 2.39. The first-order chi connectivity index (χ1) is 10.0. The van der Waals surface area contributed by atoms with Crippen molar-refractivity contribution in [3.63, 3.8) is 0 Å². The Morgan fingerprint density at radius 2 is 2.24 bits per heavy atom. The summed E-state index contributed by atoms with van der Waals surface area (Å²) in [6, 6.07) is 4.55. The highest BCUT2D eigenvalue weighted by Crippen LogP contribution is 2.26. The van der Waals surface area contributed by atoms with Crippen LogP contribution in [0.15, 0.2) is 35.5 Å². The fourth-order valence-electron chi connectivity index (χ4n) is 1.83. The molecular weight excluding hydrogens is 292 g/mol. The minimum Gasteiger partial charge on any atom is -0.492 e. The molecule has 1 heterocycles. The maximum atomic E-state index is 12.3. The van der Waals surface area contributed by atoms with Crippen LogP contribution in [0, 0.1) is 0 Å². The second-order valence-corrected chi connectivity index (χ2v) is 6.06. The number of aromatic nitrogens is 2. The average Bonchev–Trinajstić information content (AvgIpc) is 2.94. The molecule has 2 aromatic rings.